The van der Waals surface area contributed by atoms with Crippen molar-refractivity contribution in [2.45, 2.75) is 12.3 Å². The van der Waals surface area contributed by atoms with Crippen molar-refractivity contribution in [3.05, 3.63) is 71.8 Å². The molecule has 0 saturated carbocycles. The second-order valence-electron chi connectivity index (χ2n) is 3.98. The van der Waals surface area contributed by atoms with Crippen LogP contribution in [0.4, 0.5) is 0 Å². The van der Waals surface area contributed by atoms with Crippen LogP contribution in [0.5, 0.6) is 0 Å². The van der Waals surface area contributed by atoms with Gasteiger partial charge in [-0.25, -0.2) is 0 Å². The third-order valence-corrected chi connectivity index (χ3v) is 3.26. The van der Waals surface area contributed by atoms with Crippen molar-refractivity contribution >= 4 is 12.6 Å². The van der Waals surface area contributed by atoms with Gasteiger partial charge in [0.15, 0.2) is 0 Å². The fourth-order valence-corrected chi connectivity index (χ4v) is 2.25. The Hall–Kier alpha value is -1.21. The maximum atomic E-state index is 4.46. The molecule has 0 fully saturated rings. The van der Waals surface area contributed by atoms with Crippen LogP contribution >= 0.6 is 12.6 Å². The van der Waals surface area contributed by atoms with E-state index in [0.717, 1.165) is 12.2 Å². The molecule has 16 heavy (non-hydrogen) atoms. The van der Waals surface area contributed by atoms with E-state index in [1.807, 2.05) is 0 Å². The number of hydrogen-bond acceptors (Lipinski definition) is 1. The van der Waals surface area contributed by atoms with Crippen LogP contribution in [0.1, 0.15) is 17.0 Å². The molecule has 0 nitrogen and oxygen atoms in total. The first-order chi connectivity index (χ1) is 7.90. The van der Waals surface area contributed by atoms with Crippen molar-refractivity contribution < 1.29 is 0 Å². The first-order valence-electron chi connectivity index (χ1n) is 5.60. The minimum Gasteiger partial charge on any atom is -0.179 e. The molecule has 0 saturated heterocycles. The lowest BCUT2D eigenvalue weighted by Crippen LogP contribution is -2.04. The molecular weight excluding hydrogens is 212 g/mol. The van der Waals surface area contributed by atoms with Crippen LogP contribution in [0, 0.1) is 0 Å². The molecule has 0 spiro atoms. The quantitative estimate of drug-likeness (QED) is 0.753. The topological polar surface area (TPSA) is 0 Å². The van der Waals surface area contributed by atoms with E-state index < -0.39 is 0 Å². The Bertz CT molecular complexity index is 408. The van der Waals surface area contributed by atoms with Gasteiger partial charge in [-0.15, -0.1) is 0 Å². The SMILES string of the molecule is SC[C@H](Cc1ccccc1)c1ccccc1. The molecule has 0 amide bonds. The van der Waals surface area contributed by atoms with E-state index in [9.17, 15) is 0 Å². The molecule has 1 heteroatoms. The summed E-state index contributed by atoms with van der Waals surface area (Å²) in [5.41, 5.74) is 2.76. The van der Waals surface area contributed by atoms with Crippen LogP contribution in [0.2, 0.25) is 0 Å². The summed E-state index contributed by atoms with van der Waals surface area (Å²) < 4.78 is 0. The second kappa shape index (κ2) is 5.76. The maximum Gasteiger partial charge on any atom is -0.00257 e. The highest BCUT2D eigenvalue weighted by Crippen LogP contribution is 2.21. The Labute approximate surface area is 103 Å². The highest BCUT2D eigenvalue weighted by molar-refractivity contribution is 7.80. The standard InChI is InChI=1S/C15H16S/c16-12-15(14-9-5-2-6-10-14)11-13-7-3-1-4-8-13/h1-10,15-16H,11-12H2/t15-/m0/s1. The van der Waals surface area contributed by atoms with E-state index in [0.29, 0.717) is 5.92 Å². The third-order valence-electron chi connectivity index (χ3n) is 2.82. The molecule has 2 aromatic rings. The molecule has 1 atom stereocenters. The molecule has 0 aliphatic heterocycles. The van der Waals surface area contributed by atoms with E-state index in [4.69, 9.17) is 0 Å². The Morgan fingerprint density at radius 2 is 1.38 bits per heavy atom. The molecular formula is C15H16S. The van der Waals surface area contributed by atoms with Gasteiger partial charge in [-0.3, -0.25) is 0 Å². The van der Waals surface area contributed by atoms with Gasteiger partial charge in [0, 0.05) is 0 Å². The van der Waals surface area contributed by atoms with Crippen LogP contribution in [-0.2, 0) is 6.42 Å². The fourth-order valence-electron chi connectivity index (χ4n) is 1.91. The number of thiol groups is 1. The molecule has 0 aliphatic rings. The molecule has 2 rings (SSSR count). The lowest BCUT2D eigenvalue weighted by molar-refractivity contribution is 0.773. The average Bonchev–Trinajstić information content (AvgIpc) is 2.38. The van der Waals surface area contributed by atoms with Gasteiger partial charge in [0.25, 0.3) is 0 Å². The molecule has 0 radical (unpaired) electrons. The normalized spacial score (nSPS) is 12.3. The Morgan fingerprint density at radius 1 is 0.812 bits per heavy atom. The molecule has 0 unspecified atom stereocenters. The zero-order chi connectivity index (χ0) is 11.2. The highest BCUT2D eigenvalue weighted by Gasteiger charge is 2.09. The molecule has 0 heterocycles. The zero-order valence-electron chi connectivity index (χ0n) is 9.21. The maximum absolute atomic E-state index is 4.46. The summed E-state index contributed by atoms with van der Waals surface area (Å²) in [6.07, 6.45) is 1.06. The number of hydrogen-bond donors (Lipinski definition) is 1. The molecule has 0 bridgehead atoms. The monoisotopic (exact) mass is 228 g/mol. The predicted molar refractivity (Wildman–Crippen MR) is 73.2 cm³/mol. The summed E-state index contributed by atoms with van der Waals surface area (Å²) in [7, 11) is 0. The van der Waals surface area contributed by atoms with Gasteiger partial charge in [0.1, 0.15) is 0 Å². The van der Waals surface area contributed by atoms with E-state index in [-0.39, 0.29) is 0 Å². The molecule has 0 N–H and O–H groups in total. The highest BCUT2D eigenvalue weighted by atomic mass is 32.1. The molecule has 0 aliphatic carbocycles. The first kappa shape index (κ1) is 11.3. The summed E-state index contributed by atoms with van der Waals surface area (Å²) >= 11 is 4.46. The van der Waals surface area contributed by atoms with Crippen LogP contribution in [0.3, 0.4) is 0 Å². The lowest BCUT2D eigenvalue weighted by Gasteiger charge is -2.14. The summed E-state index contributed by atoms with van der Waals surface area (Å²) in [4.78, 5) is 0. The minimum absolute atomic E-state index is 0.506. The lowest BCUT2D eigenvalue weighted by atomic mass is 9.94. The second-order valence-corrected chi connectivity index (χ2v) is 4.35. The summed E-state index contributed by atoms with van der Waals surface area (Å²) in [5, 5.41) is 0. The van der Waals surface area contributed by atoms with Crippen molar-refractivity contribution in [3.63, 3.8) is 0 Å². The van der Waals surface area contributed by atoms with Gasteiger partial charge >= 0.3 is 0 Å². The van der Waals surface area contributed by atoms with E-state index in [2.05, 4.69) is 73.3 Å². The van der Waals surface area contributed by atoms with Gasteiger partial charge in [-0.05, 0) is 29.2 Å². The third kappa shape index (κ3) is 2.89. The van der Waals surface area contributed by atoms with Crippen molar-refractivity contribution in [2.24, 2.45) is 0 Å². The smallest absolute Gasteiger partial charge is 0.00257 e. The van der Waals surface area contributed by atoms with Crippen molar-refractivity contribution in [3.8, 4) is 0 Å². The summed E-state index contributed by atoms with van der Waals surface area (Å²) in [5.74, 6) is 1.39. The largest absolute Gasteiger partial charge is 0.179 e. The average molecular weight is 228 g/mol. The van der Waals surface area contributed by atoms with Gasteiger partial charge in [-0.1, -0.05) is 60.7 Å². The van der Waals surface area contributed by atoms with Crippen LogP contribution in [0.15, 0.2) is 60.7 Å². The van der Waals surface area contributed by atoms with E-state index in [1.165, 1.54) is 11.1 Å². The van der Waals surface area contributed by atoms with Crippen LogP contribution in [0.25, 0.3) is 0 Å². The zero-order valence-corrected chi connectivity index (χ0v) is 10.1. The minimum atomic E-state index is 0.506. The summed E-state index contributed by atoms with van der Waals surface area (Å²) in [6.45, 7) is 0. The van der Waals surface area contributed by atoms with Crippen molar-refractivity contribution in [2.75, 3.05) is 5.75 Å². The first-order valence-corrected chi connectivity index (χ1v) is 6.23. The molecule has 0 aromatic heterocycles. The van der Waals surface area contributed by atoms with E-state index in [1.54, 1.807) is 0 Å². The van der Waals surface area contributed by atoms with Gasteiger partial charge in [0.05, 0.1) is 0 Å². The molecule has 2 aromatic carbocycles. The predicted octanol–water partition coefficient (Wildman–Crippen LogP) is 3.94. The van der Waals surface area contributed by atoms with Gasteiger partial charge in [0.2, 0.25) is 0 Å². The van der Waals surface area contributed by atoms with Crippen molar-refractivity contribution in [1.29, 1.82) is 0 Å². The Balaban J connectivity index is 2.13. The van der Waals surface area contributed by atoms with Crippen LogP contribution in [-0.4, -0.2) is 5.75 Å². The van der Waals surface area contributed by atoms with Gasteiger partial charge in [-0.2, -0.15) is 12.6 Å². The Kier molecular flexibility index (Phi) is 4.06. The molecule has 82 valence electrons. The fraction of sp³-hybridized carbons (Fsp3) is 0.200. The number of benzene rings is 2. The van der Waals surface area contributed by atoms with Crippen molar-refractivity contribution in [1.82, 2.24) is 0 Å². The van der Waals surface area contributed by atoms with Crippen LogP contribution < -0.4 is 0 Å². The Morgan fingerprint density at radius 3 is 1.94 bits per heavy atom. The van der Waals surface area contributed by atoms with E-state index >= 15 is 0 Å². The summed E-state index contributed by atoms with van der Waals surface area (Å²) in [6, 6.07) is 21.2. The van der Waals surface area contributed by atoms with Gasteiger partial charge < -0.3 is 0 Å². The number of rotatable bonds is 4.